The molecule has 0 aliphatic heterocycles. The summed E-state index contributed by atoms with van der Waals surface area (Å²) >= 11 is 0. The van der Waals surface area contributed by atoms with Crippen molar-refractivity contribution in [2.45, 2.75) is 38.8 Å². The summed E-state index contributed by atoms with van der Waals surface area (Å²) < 4.78 is 5.74. The molecular weight excluding hydrogens is 198 g/mol. The van der Waals surface area contributed by atoms with Crippen LogP contribution in [-0.2, 0) is 6.54 Å². The molecule has 0 radical (unpaired) electrons. The van der Waals surface area contributed by atoms with E-state index >= 15 is 0 Å². The fourth-order valence-corrected chi connectivity index (χ4v) is 2.30. The molecule has 1 aliphatic rings. The monoisotopic (exact) mass is 215 g/mol. The molecule has 1 heterocycles. The lowest BCUT2D eigenvalue weighted by atomic mass is 9.93. The number of furan rings is 1. The molecule has 84 valence electrons. The predicted molar refractivity (Wildman–Crippen MR) is 65.4 cm³/mol. The quantitative estimate of drug-likeness (QED) is 0.849. The van der Waals surface area contributed by atoms with Crippen molar-refractivity contribution in [2.24, 2.45) is 0 Å². The number of rotatable bonds is 3. The molecule has 2 nitrogen and oxygen atoms in total. The zero-order valence-electron chi connectivity index (χ0n) is 9.62. The maximum absolute atomic E-state index is 5.74. The average molecular weight is 215 g/mol. The van der Waals surface area contributed by atoms with E-state index < -0.39 is 0 Å². The van der Waals surface area contributed by atoms with Crippen molar-refractivity contribution in [3.63, 3.8) is 0 Å². The number of hydrogen-bond donors (Lipinski definition) is 1. The first-order chi connectivity index (χ1) is 7.84. The van der Waals surface area contributed by atoms with Crippen LogP contribution in [0.1, 0.15) is 30.6 Å². The van der Waals surface area contributed by atoms with E-state index in [0.717, 1.165) is 23.9 Å². The topological polar surface area (TPSA) is 25.2 Å². The molecule has 1 aromatic carbocycles. The van der Waals surface area contributed by atoms with Crippen molar-refractivity contribution in [2.75, 3.05) is 0 Å². The molecule has 16 heavy (non-hydrogen) atoms. The van der Waals surface area contributed by atoms with Gasteiger partial charge in [0.25, 0.3) is 0 Å². The van der Waals surface area contributed by atoms with Gasteiger partial charge in [0, 0.05) is 23.5 Å². The smallest absolute Gasteiger partial charge is 0.134 e. The first kappa shape index (κ1) is 9.91. The van der Waals surface area contributed by atoms with E-state index in [1.54, 1.807) is 0 Å². The Labute approximate surface area is 95.6 Å². The zero-order chi connectivity index (χ0) is 11.0. The van der Waals surface area contributed by atoms with Gasteiger partial charge in [0.2, 0.25) is 0 Å². The first-order valence-corrected chi connectivity index (χ1v) is 6.05. The molecule has 0 bridgehead atoms. The van der Waals surface area contributed by atoms with Crippen molar-refractivity contribution in [3.8, 4) is 0 Å². The van der Waals surface area contributed by atoms with Gasteiger partial charge in [0.15, 0.2) is 0 Å². The summed E-state index contributed by atoms with van der Waals surface area (Å²) in [6.45, 7) is 2.99. The highest BCUT2D eigenvalue weighted by atomic mass is 16.3. The highest BCUT2D eigenvalue weighted by molar-refractivity contribution is 5.82. The van der Waals surface area contributed by atoms with Crippen LogP contribution in [0.2, 0.25) is 0 Å². The Hall–Kier alpha value is -1.28. The number of aryl methyl sites for hydroxylation is 1. The van der Waals surface area contributed by atoms with Gasteiger partial charge in [-0.25, -0.2) is 0 Å². The largest absolute Gasteiger partial charge is 0.461 e. The van der Waals surface area contributed by atoms with Gasteiger partial charge < -0.3 is 9.73 Å². The van der Waals surface area contributed by atoms with Gasteiger partial charge in [0.1, 0.15) is 11.3 Å². The number of hydrogen-bond acceptors (Lipinski definition) is 2. The molecule has 0 saturated heterocycles. The van der Waals surface area contributed by atoms with Gasteiger partial charge in [0.05, 0.1) is 0 Å². The predicted octanol–water partition coefficient (Wildman–Crippen LogP) is 3.38. The van der Waals surface area contributed by atoms with Crippen LogP contribution in [0, 0.1) is 6.92 Å². The molecule has 0 amide bonds. The minimum atomic E-state index is 0.730. The van der Waals surface area contributed by atoms with Gasteiger partial charge in [-0.2, -0.15) is 0 Å². The van der Waals surface area contributed by atoms with Gasteiger partial charge in [-0.3, -0.25) is 0 Å². The summed E-state index contributed by atoms with van der Waals surface area (Å²) in [4.78, 5) is 0. The maximum Gasteiger partial charge on any atom is 0.134 e. The van der Waals surface area contributed by atoms with Crippen molar-refractivity contribution in [3.05, 3.63) is 35.6 Å². The molecule has 1 aromatic heterocycles. The van der Waals surface area contributed by atoms with Gasteiger partial charge in [-0.15, -0.1) is 0 Å². The van der Waals surface area contributed by atoms with Crippen LogP contribution in [0.25, 0.3) is 11.0 Å². The van der Waals surface area contributed by atoms with Crippen LogP contribution in [0.3, 0.4) is 0 Å². The number of nitrogens with one attached hydrogen (secondary N) is 1. The Balaban J connectivity index is 1.86. The summed E-state index contributed by atoms with van der Waals surface area (Å²) in [5.74, 6) is 1.05. The van der Waals surface area contributed by atoms with Crippen LogP contribution in [0.15, 0.2) is 28.7 Å². The van der Waals surface area contributed by atoms with Crippen LogP contribution in [0.5, 0.6) is 0 Å². The molecule has 2 heteroatoms. The minimum Gasteiger partial charge on any atom is -0.461 e. The molecule has 1 saturated carbocycles. The maximum atomic E-state index is 5.74. The first-order valence-electron chi connectivity index (χ1n) is 6.05. The third kappa shape index (κ3) is 1.63. The van der Waals surface area contributed by atoms with E-state index in [4.69, 9.17) is 4.42 Å². The lowest BCUT2D eigenvalue weighted by Crippen LogP contribution is -2.34. The second kappa shape index (κ2) is 3.95. The summed E-state index contributed by atoms with van der Waals surface area (Å²) in [5.41, 5.74) is 2.33. The van der Waals surface area contributed by atoms with Crippen LogP contribution in [-0.4, -0.2) is 6.04 Å². The molecule has 2 aromatic rings. The Morgan fingerprint density at radius 2 is 2.12 bits per heavy atom. The molecule has 0 unspecified atom stereocenters. The Kier molecular flexibility index (Phi) is 2.44. The highest BCUT2D eigenvalue weighted by Gasteiger charge is 2.18. The third-order valence-corrected chi connectivity index (χ3v) is 3.57. The van der Waals surface area contributed by atoms with Crippen molar-refractivity contribution >= 4 is 11.0 Å². The van der Waals surface area contributed by atoms with Gasteiger partial charge in [-0.05, 0) is 25.8 Å². The van der Waals surface area contributed by atoms with E-state index in [-0.39, 0.29) is 0 Å². The normalized spacial score (nSPS) is 16.6. The second-order valence-electron chi connectivity index (χ2n) is 4.64. The SMILES string of the molecule is Cc1oc2ccccc2c1CNC1CCC1. The lowest BCUT2D eigenvalue weighted by molar-refractivity contribution is 0.337. The van der Waals surface area contributed by atoms with Crippen LogP contribution in [0.4, 0.5) is 0 Å². The van der Waals surface area contributed by atoms with Crippen molar-refractivity contribution in [1.29, 1.82) is 0 Å². The van der Waals surface area contributed by atoms with E-state index in [1.807, 2.05) is 12.1 Å². The van der Waals surface area contributed by atoms with Crippen LogP contribution < -0.4 is 5.32 Å². The van der Waals surface area contributed by atoms with E-state index in [1.165, 1.54) is 30.2 Å². The zero-order valence-corrected chi connectivity index (χ0v) is 9.62. The van der Waals surface area contributed by atoms with Crippen molar-refractivity contribution in [1.82, 2.24) is 5.32 Å². The third-order valence-electron chi connectivity index (χ3n) is 3.57. The number of benzene rings is 1. The molecule has 0 spiro atoms. The molecule has 1 fully saturated rings. The minimum absolute atomic E-state index is 0.730. The Bertz CT molecular complexity index is 496. The average Bonchev–Trinajstić information content (AvgIpc) is 2.53. The molecule has 1 aliphatic carbocycles. The summed E-state index contributed by atoms with van der Waals surface area (Å²) in [5, 5.41) is 4.85. The Morgan fingerprint density at radius 3 is 2.88 bits per heavy atom. The van der Waals surface area contributed by atoms with E-state index in [9.17, 15) is 0 Å². The Morgan fingerprint density at radius 1 is 1.31 bits per heavy atom. The molecular formula is C14H17NO. The number of para-hydroxylation sites is 1. The van der Waals surface area contributed by atoms with E-state index in [0.29, 0.717) is 0 Å². The number of fused-ring (bicyclic) bond motifs is 1. The highest BCUT2D eigenvalue weighted by Crippen LogP contribution is 2.26. The summed E-state index contributed by atoms with van der Waals surface area (Å²) in [6.07, 6.45) is 4.03. The molecule has 3 rings (SSSR count). The molecule has 1 N–H and O–H groups in total. The van der Waals surface area contributed by atoms with Gasteiger partial charge >= 0.3 is 0 Å². The summed E-state index contributed by atoms with van der Waals surface area (Å²) in [6, 6.07) is 9.00. The second-order valence-corrected chi connectivity index (χ2v) is 4.64. The van der Waals surface area contributed by atoms with Gasteiger partial charge in [-0.1, -0.05) is 24.6 Å². The summed E-state index contributed by atoms with van der Waals surface area (Å²) in [7, 11) is 0. The lowest BCUT2D eigenvalue weighted by Gasteiger charge is -2.26. The van der Waals surface area contributed by atoms with Crippen molar-refractivity contribution < 1.29 is 4.42 Å². The van der Waals surface area contributed by atoms with Crippen LogP contribution >= 0.6 is 0 Å². The standard InChI is InChI=1S/C14H17NO/c1-10-13(9-15-11-5-4-6-11)12-7-2-3-8-14(12)16-10/h2-3,7-8,11,15H,4-6,9H2,1H3. The fourth-order valence-electron chi connectivity index (χ4n) is 2.30. The fraction of sp³-hybridized carbons (Fsp3) is 0.429. The van der Waals surface area contributed by atoms with E-state index in [2.05, 4.69) is 24.4 Å². The molecule has 0 atom stereocenters.